The summed E-state index contributed by atoms with van der Waals surface area (Å²) < 4.78 is 7.27. The lowest BCUT2D eigenvalue weighted by Crippen LogP contribution is -2.51. The summed E-state index contributed by atoms with van der Waals surface area (Å²) in [6, 6.07) is 17.8. The molecule has 1 saturated heterocycles. The monoisotopic (exact) mass is 390 g/mol. The van der Waals surface area contributed by atoms with Crippen LogP contribution >= 0.6 is 0 Å². The molecule has 1 aliphatic rings. The third-order valence-electron chi connectivity index (χ3n) is 5.42. The van der Waals surface area contributed by atoms with E-state index in [2.05, 4.69) is 17.6 Å². The summed E-state index contributed by atoms with van der Waals surface area (Å²) in [5.74, 6) is 0.571. The second-order valence-corrected chi connectivity index (χ2v) is 7.34. The fourth-order valence-electron chi connectivity index (χ4n) is 3.78. The number of piperidine rings is 1. The first-order valence-electron chi connectivity index (χ1n) is 10.00. The summed E-state index contributed by atoms with van der Waals surface area (Å²) in [5, 5.41) is 11.4. The Morgan fingerprint density at radius 1 is 1.17 bits per heavy atom. The van der Waals surface area contributed by atoms with Gasteiger partial charge in [0.25, 0.3) is 5.91 Å². The van der Waals surface area contributed by atoms with Crippen LogP contribution in [0.2, 0.25) is 0 Å². The highest BCUT2D eigenvalue weighted by atomic mass is 16.5. The Kier molecular flexibility index (Phi) is 5.62. The number of ether oxygens (including phenoxy) is 1. The van der Waals surface area contributed by atoms with Gasteiger partial charge in [-0.15, -0.1) is 0 Å². The van der Waals surface area contributed by atoms with Crippen molar-refractivity contribution in [3.05, 3.63) is 66.4 Å². The van der Waals surface area contributed by atoms with Crippen molar-refractivity contribution >= 4 is 5.91 Å². The van der Waals surface area contributed by atoms with E-state index in [1.54, 1.807) is 18.0 Å². The van der Waals surface area contributed by atoms with Crippen LogP contribution in [0, 0.1) is 0 Å². The summed E-state index contributed by atoms with van der Waals surface area (Å²) in [6.45, 7) is 3.10. The molecule has 0 saturated carbocycles. The van der Waals surface area contributed by atoms with Gasteiger partial charge in [-0.2, -0.15) is 5.10 Å². The fourth-order valence-corrected chi connectivity index (χ4v) is 3.78. The van der Waals surface area contributed by atoms with E-state index >= 15 is 0 Å². The minimum Gasteiger partial charge on any atom is -0.496 e. The highest BCUT2D eigenvalue weighted by Gasteiger charge is 2.26. The lowest BCUT2D eigenvalue weighted by molar-refractivity contribution is 0.0920. The number of para-hydroxylation sites is 2. The summed E-state index contributed by atoms with van der Waals surface area (Å²) in [6.07, 6.45) is 3.82. The Morgan fingerprint density at radius 3 is 2.69 bits per heavy atom. The van der Waals surface area contributed by atoms with Crippen LogP contribution < -0.4 is 15.4 Å². The lowest BCUT2D eigenvalue weighted by atomic mass is 9.99. The zero-order valence-electron chi connectivity index (χ0n) is 16.8. The number of nitrogens with zero attached hydrogens (tertiary/aromatic N) is 2. The largest absolute Gasteiger partial charge is 0.496 e. The van der Waals surface area contributed by atoms with Crippen molar-refractivity contribution < 1.29 is 9.53 Å². The third-order valence-corrected chi connectivity index (χ3v) is 5.42. The number of methoxy groups -OCH3 is 1. The van der Waals surface area contributed by atoms with E-state index in [0.29, 0.717) is 17.0 Å². The smallest absolute Gasteiger partial charge is 0.255 e. The molecule has 4 rings (SSSR count). The van der Waals surface area contributed by atoms with E-state index in [1.165, 1.54) is 0 Å². The molecule has 2 heterocycles. The SMILES string of the molecule is COc1ccccc1-c1nn(-c2ccccc2)cc1C(=O)NC1CCCNC1C. The van der Waals surface area contributed by atoms with E-state index < -0.39 is 0 Å². The van der Waals surface area contributed by atoms with E-state index in [4.69, 9.17) is 9.84 Å². The molecule has 3 aromatic rings. The summed E-state index contributed by atoms with van der Waals surface area (Å²) in [4.78, 5) is 13.3. The van der Waals surface area contributed by atoms with Gasteiger partial charge in [0.15, 0.2) is 0 Å². The molecule has 2 atom stereocenters. The zero-order valence-corrected chi connectivity index (χ0v) is 16.8. The zero-order chi connectivity index (χ0) is 20.2. The molecule has 2 aromatic carbocycles. The Balaban J connectivity index is 1.75. The number of aromatic nitrogens is 2. The first-order chi connectivity index (χ1) is 14.2. The van der Waals surface area contributed by atoms with Crippen LogP contribution in [0.1, 0.15) is 30.1 Å². The van der Waals surface area contributed by atoms with E-state index in [-0.39, 0.29) is 18.0 Å². The number of rotatable bonds is 5. The van der Waals surface area contributed by atoms with Crippen molar-refractivity contribution in [2.75, 3.05) is 13.7 Å². The van der Waals surface area contributed by atoms with Gasteiger partial charge in [-0.25, -0.2) is 4.68 Å². The highest BCUT2D eigenvalue weighted by molar-refractivity contribution is 6.00. The third kappa shape index (κ3) is 4.03. The first kappa shape index (κ1) is 19.2. The van der Waals surface area contributed by atoms with Gasteiger partial charge in [-0.3, -0.25) is 4.79 Å². The van der Waals surface area contributed by atoms with E-state index in [1.807, 2.05) is 54.6 Å². The van der Waals surface area contributed by atoms with Crippen LogP contribution in [0.15, 0.2) is 60.8 Å². The molecule has 29 heavy (non-hydrogen) atoms. The molecule has 1 amide bonds. The van der Waals surface area contributed by atoms with Crippen molar-refractivity contribution in [1.82, 2.24) is 20.4 Å². The average Bonchev–Trinajstić information content (AvgIpc) is 3.21. The highest BCUT2D eigenvalue weighted by Crippen LogP contribution is 2.32. The maximum Gasteiger partial charge on any atom is 0.255 e. The van der Waals surface area contributed by atoms with Gasteiger partial charge in [0, 0.05) is 23.8 Å². The maximum atomic E-state index is 13.3. The Labute approximate surface area is 170 Å². The van der Waals surface area contributed by atoms with Crippen LogP contribution in [0.5, 0.6) is 5.75 Å². The van der Waals surface area contributed by atoms with Crippen LogP contribution in [0.3, 0.4) is 0 Å². The van der Waals surface area contributed by atoms with Crippen LogP contribution in [-0.2, 0) is 0 Å². The number of nitrogens with one attached hydrogen (secondary N) is 2. The first-order valence-corrected chi connectivity index (χ1v) is 10.00. The number of hydrogen-bond acceptors (Lipinski definition) is 4. The predicted molar refractivity (Wildman–Crippen MR) is 114 cm³/mol. The fraction of sp³-hybridized carbons (Fsp3) is 0.304. The molecule has 1 fully saturated rings. The number of amides is 1. The van der Waals surface area contributed by atoms with Gasteiger partial charge < -0.3 is 15.4 Å². The topological polar surface area (TPSA) is 68.2 Å². The van der Waals surface area contributed by atoms with Crippen LogP contribution in [0.25, 0.3) is 16.9 Å². The van der Waals surface area contributed by atoms with E-state index in [9.17, 15) is 4.79 Å². The molecular weight excluding hydrogens is 364 g/mol. The van der Waals surface area contributed by atoms with Gasteiger partial charge in [-0.05, 0) is 50.6 Å². The molecule has 0 bridgehead atoms. The van der Waals surface area contributed by atoms with Crippen LogP contribution in [-0.4, -0.2) is 41.4 Å². The van der Waals surface area contributed by atoms with Gasteiger partial charge in [0.2, 0.25) is 0 Å². The molecule has 2 N–H and O–H groups in total. The summed E-state index contributed by atoms with van der Waals surface area (Å²) in [5.41, 5.74) is 2.84. The summed E-state index contributed by atoms with van der Waals surface area (Å²) in [7, 11) is 1.63. The molecule has 6 heteroatoms. The second kappa shape index (κ2) is 8.49. The van der Waals surface area contributed by atoms with Crippen LogP contribution in [0.4, 0.5) is 0 Å². The number of carbonyl (C=O) groups excluding carboxylic acids is 1. The maximum absolute atomic E-state index is 13.3. The molecule has 0 spiro atoms. The van der Waals surface area contributed by atoms with Gasteiger partial charge in [0.05, 0.1) is 18.4 Å². The number of hydrogen-bond donors (Lipinski definition) is 2. The molecule has 6 nitrogen and oxygen atoms in total. The minimum absolute atomic E-state index is 0.0989. The van der Waals surface area contributed by atoms with Gasteiger partial charge in [-0.1, -0.05) is 30.3 Å². The predicted octanol–water partition coefficient (Wildman–Crippen LogP) is 3.42. The van der Waals surface area contributed by atoms with Crippen molar-refractivity contribution in [2.24, 2.45) is 0 Å². The lowest BCUT2D eigenvalue weighted by Gasteiger charge is -2.30. The quantitative estimate of drug-likeness (QED) is 0.701. The molecular formula is C23H26N4O2. The second-order valence-electron chi connectivity index (χ2n) is 7.34. The normalized spacial score (nSPS) is 19.0. The molecule has 0 radical (unpaired) electrons. The van der Waals surface area contributed by atoms with E-state index in [0.717, 1.165) is 30.6 Å². The van der Waals surface area contributed by atoms with Crippen molar-refractivity contribution in [2.45, 2.75) is 31.8 Å². The van der Waals surface area contributed by atoms with Gasteiger partial charge >= 0.3 is 0 Å². The molecule has 1 aromatic heterocycles. The Bertz CT molecular complexity index is 984. The van der Waals surface area contributed by atoms with Gasteiger partial charge in [0.1, 0.15) is 11.4 Å². The molecule has 2 unspecified atom stereocenters. The average molecular weight is 390 g/mol. The molecule has 150 valence electrons. The minimum atomic E-state index is -0.117. The molecule has 0 aliphatic carbocycles. The standard InChI is InChI=1S/C23H26N4O2/c1-16-20(12-8-14-24-16)25-23(28)19-15-27(17-9-4-3-5-10-17)26-22(19)18-11-6-7-13-21(18)29-2/h3-7,9-11,13,15-16,20,24H,8,12,14H2,1-2H3,(H,25,28). The van der Waals surface area contributed by atoms with Crippen molar-refractivity contribution in [3.8, 4) is 22.7 Å². The van der Waals surface area contributed by atoms with Crippen molar-refractivity contribution in [1.29, 1.82) is 0 Å². The Morgan fingerprint density at radius 2 is 1.93 bits per heavy atom. The number of carbonyl (C=O) groups is 1. The summed E-state index contributed by atoms with van der Waals surface area (Å²) >= 11 is 0. The Hall–Kier alpha value is -3.12. The van der Waals surface area contributed by atoms with Crippen molar-refractivity contribution in [3.63, 3.8) is 0 Å². The number of benzene rings is 2. The molecule has 1 aliphatic heterocycles.